The SMILES string of the molecule is COc1ccc(Br)c(-n2c(=S)[nH]c3ccccc3c2=O)c1. The molecule has 0 fully saturated rings. The number of rotatable bonds is 2. The third kappa shape index (κ3) is 2.41. The molecule has 3 aromatic rings. The molecule has 4 nitrogen and oxygen atoms in total. The third-order valence-corrected chi connectivity index (χ3v) is 4.15. The molecule has 0 saturated carbocycles. The van der Waals surface area contributed by atoms with E-state index >= 15 is 0 Å². The maximum absolute atomic E-state index is 12.7. The lowest BCUT2D eigenvalue weighted by molar-refractivity contribution is 0.414. The number of aromatic amines is 1. The molecular weight excluding hydrogens is 352 g/mol. The molecule has 0 aliphatic rings. The molecule has 0 bridgehead atoms. The number of hydrogen-bond acceptors (Lipinski definition) is 3. The zero-order valence-corrected chi connectivity index (χ0v) is 13.5. The Kier molecular flexibility index (Phi) is 3.65. The first-order valence-corrected chi connectivity index (χ1v) is 7.40. The molecule has 0 amide bonds. The number of H-pyrrole nitrogens is 1. The van der Waals surface area contributed by atoms with Crippen molar-refractivity contribution in [3.63, 3.8) is 0 Å². The molecule has 0 aliphatic heterocycles. The topological polar surface area (TPSA) is 47.0 Å². The first-order chi connectivity index (χ1) is 10.1. The maximum atomic E-state index is 12.7. The summed E-state index contributed by atoms with van der Waals surface area (Å²) in [6.45, 7) is 0. The molecule has 0 atom stereocenters. The highest BCUT2D eigenvalue weighted by Gasteiger charge is 2.11. The van der Waals surface area contributed by atoms with Gasteiger partial charge in [-0.2, -0.15) is 0 Å². The number of fused-ring (bicyclic) bond motifs is 1. The zero-order valence-electron chi connectivity index (χ0n) is 11.1. The van der Waals surface area contributed by atoms with Crippen LogP contribution in [0.5, 0.6) is 5.75 Å². The van der Waals surface area contributed by atoms with E-state index in [9.17, 15) is 4.79 Å². The van der Waals surface area contributed by atoms with Crippen molar-refractivity contribution in [1.82, 2.24) is 9.55 Å². The summed E-state index contributed by atoms with van der Waals surface area (Å²) in [6, 6.07) is 12.7. The van der Waals surface area contributed by atoms with Crippen molar-refractivity contribution >= 4 is 39.1 Å². The van der Waals surface area contributed by atoms with Gasteiger partial charge in [0.25, 0.3) is 5.56 Å². The maximum Gasteiger partial charge on any atom is 0.266 e. The Morgan fingerprint density at radius 3 is 2.76 bits per heavy atom. The summed E-state index contributed by atoms with van der Waals surface area (Å²) in [6.07, 6.45) is 0. The van der Waals surface area contributed by atoms with Crippen molar-refractivity contribution in [2.24, 2.45) is 0 Å². The third-order valence-electron chi connectivity index (χ3n) is 3.20. The van der Waals surface area contributed by atoms with E-state index in [0.29, 0.717) is 21.6 Å². The number of hydrogen-bond donors (Lipinski definition) is 1. The number of aromatic nitrogens is 2. The second-order valence-electron chi connectivity index (χ2n) is 4.43. The smallest absolute Gasteiger partial charge is 0.266 e. The Labute approximate surface area is 134 Å². The van der Waals surface area contributed by atoms with E-state index in [-0.39, 0.29) is 5.56 Å². The van der Waals surface area contributed by atoms with Crippen molar-refractivity contribution in [2.45, 2.75) is 0 Å². The van der Waals surface area contributed by atoms with Crippen LogP contribution in [0.3, 0.4) is 0 Å². The van der Waals surface area contributed by atoms with Gasteiger partial charge in [-0.1, -0.05) is 12.1 Å². The number of methoxy groups -OCH3 is 1. The van der Waals surface area contributed by atoms with E-state index in [1.165, 1.54) is 4.57 Å². The highest BCUT2D eigenvalue weighted by molar-refractivity contribution is 9.10. The second kappa shape index (κ2) is 5.46. The highest BCUT2D eigenvalue weighted by Crippen LogP contribution is 2.25. The molecule has 2 aromatic carbocycles. The fourth-order valence-electron chi connectivity index (χ4n) is 2.17. The fourth-order valence-corrected chi connectivity index (χ4v) is 2.89. The van der Waals surface area contributed by atoms with Crippen molar-refractivity contribution in [1.29, 1.82) is 0 Å². The summed E-state index contributed by atoms with van der Waals surface area (Å²) in [5.74, 6) is 0.655. The van der Waals surface area contributed by atoms with Crippen LogP contribution in [0.15, 0.2) is 51.7 Å². The van der Waals surface area contributed by atoms with E-state index < -0.39 is 0 Å². The Morgan fingerprint density at radius 1 is 1.24 bits per heavy atom. The molecule has 0 spiro atoms. The minimum Gasteiger partial charge on any atom is -0.497 e. The van der Waals surface area contributed by atoms with Gasteiger partial charge >= 0.3 is 0 Å². The number of halogens is 1. The van der Waals surface area contributed by atoms with Gasteiger partial charge < -0.3 is 9.72 Å². The number of ether oxygens (including phenoxy) is 1. The van der Waals surface area contributed by atoms with Crippen LogP contribution in [0.4, 0.5) is 0 Å². The van der Waals surface area contributed by atoms with Gasteiger partial charge in [-0.05, 0) is 52.4 Å². The normalized spacial score (nSPS) is 10.8. The van der Waals surface area contributed by atoms with Crippen LogP contribution in [-0.2, 0) is 0 Å². The lowest BCUT2D eigenvalue weighted by Gasteiger charge is -2.11. The lowest BCUT2D eigenvalue weighted by atomic mass is 10.2. The van der Waals surface area contributed by atoms with Crippen LogP contribution in [0.25, 0.3) is 16.6 Å². The molecule has 21 heavy (non-hydrogen) atoms. The average molecular weight is 363 g/mol. The molecule has 0 unspecified atom stereocenters. The van der Waals surface area contributed by atoms with E-state index in [1.54, 1.807) is 19.2 Å². The summed E-state index contributed by atoms with van der Waals surface area (Å²) >= 11 is 8.79. The van der Waals surface area contributed by atoms with E-state index in [0.717, 1.165) is 9.99 Å². The summed E-state index contributed by atoms with van der Waals surface area (Å²) in [5, 5.41) is 0.584. The molecule has 0 radical (unpaired) electrons. The van der Waals surface area contributed by atoms with Crippen molar-refractivity contribution in [3.8, 4) is 11.4 Å². The Balaban J connectivity index is 2.41. The number of para-hydroxylation sites is 1. The molecule has 3 rings (SSSR count). The van der Waals surface area contributed by atoms with Gasteiger partial charge in [0.05, 0.1) is 23.7 Å². The molecule has 6 heteroatoms. The monoisotopic (exact) mass is 362 g/mol. The predicted octanol–water partition coefficient (Wildman–Crippen LogP) is 3.82. The predicted molar refractivity (Wildman–Crippen MR) is 89.0 cm³/mol. The van der Waals surface area contributed by atoms with Crippen LogP contribution in [0.2, 0.25) is 0 Å². The van der Waals surface area contributed by atoms with Gasteiger partial charge in [-0.15, -0.1) is 0 Å². The minimum absolute atomic E-state index is 0.164. The number of benzene rings is 2. The van der Waals surface area contributed by atoms with Gasteiger partial charge in [0, 0.05) is 10.5 Å². The molecule has 1 heterocycles. The minimum atomic E-state index is -0.164. The first-order valence-electron chi connectivity index (χ1n) is 6.20. The summed E-state index contributed by atoms with van der Waals surface area (Å²) in [5.41, 5.74) is 1.21. The van der Waals surface area contributed by atoms with E-state index in [4.69, 9.17) is 17.0 Å². The number of nitrogens with zero attached hydrogens (tertiary/aromatic N) is 1. The largest absolute Gasteiger partial charge is 0.497 e. The molecule has 106 valence electrons. The van der Waals surface area contributed by atoms with Gasteiger partial charge in [-0.3, -0.25) is 9.36 Å². The summed E-state index contributed by atoms with van der Waals surface area (Å²) < 4.78 is 7.79. The average Bonchev–Trinajstić information content (AvgIpc) is 2.49. The van der Waals surface area contributed by atoms with Gasteiger partial charge in [0.2, 0.25) is 0 Å². The van der Waals surface area contributed by atoms with Crippen LogP contribution in [-0.4, -0.2) is 16.7 Å². The Bertz CT molecular complexity index is 946. The van der Waals surface area contributed by atoms with Gasteiger partial charge in [0.1, 0.15) is 5.75 Å². The van der Waals surface area contributed by atoms with Crippen molar-refractivity contribution in [3.05, 3.63) is 62.1 Å². The molecule has 0 saturated heterocycles. The van der Waals surface area contributed by atoms with Crippen LogP contribution >= 0.6 is 28.1 Å². The standard InChI is InChI=1S/C15H11BrN2O2S/c1-20-9-6-7-11(16)13(8-9)18-14(19)10-4-2-3-5-12(10)17-15(18)21/h2-8H,1H3,(H,17,21). The summed E-state index contributed by atoms with van der Waals surface area (Å²) in [4.78, 5) is 15.8. The second-order valence-corrected chi connectivity index (χ2v) is 5.67. The molecule has 1 aromatic heterocycles. The quantitative estimate of drug-likeness (QED) is 0.705. The molecule has 1 N–H and O–H groups in total. The van der Waals surface area contributed by atoms with Crippen LogP contribution < -0.4 is 10.3 Å². The Hall–Kier alpha value is -1.92. The van der Waals surface area contributed by atoms with Crippen LogP contribution in [0, 0.1) is 4.77 Å². The van der Waals surface area contributed by atoms with E-state index in [1.807, 2.05) is 30.3 Å². The Morgan fingerprint density at radius 2 is 2.00 bits per heavy atom. The zero-order chi connectivity index (χ0) is 15.0. The molecular formula is C15H11BrN2O2S. The highest BCUT2D eigenvalue weighted by atomic mass is 79.9. The first kappa shape index (κ1) is 14.0. The van der Waals surface area contributed by atoms with Crippen molar-refractivity contribution < 1.29 is 4.74 Å². The lowest BCUT2D eigenvalue weighted by Crippen LogP contribution is -2.20. The van der Waals surface area contributed by atoms with E-state index in [2.05, 4.69) is 20.9 Å². The number of nitrogens with one attached hydrogen (secondary N) is 1. The molecule has 0 aliphatic carbocycles. The van der Waals surface area contributed by atoms with Crippen molar-refractivity contribution in [2.75, 3.05) is 7.11 Å². The summed E-state index contributed by atoms with van der Waals surface area (Å²) in [7, 11) is 1.58. The van der Waals surface area contributed by atoms with Gasteiger partial charge in [0.15, 0.2) is 4.77 Å². The van der Waals surface area contributed by atoms with Gasteiger partial charge in [-0.25, -0.2) is 0 Å². The van der Waals surface area contributed by atoms with Crippen LogP contribution in [0.1, 0.15) is 0 Å². The fraction of sp³-hybridized carbons (Fsp3) is 0.0667.